The third-order valence-corrected chi connectivity index (χ3v) is 4.16. The molecular weight excluding hydrogens is 238 g/mol. The molecule has 3 nitrogen and oxygen atoms in total. The molecule has 1 unspecified atom stereocenters. The molecule has 0 aromatic heterocycles. The van der Waals surface area contributed by atoms with Crippen molar-refractivity contribution in [3.8, 4) is 0 Å². The van der Waals surface area contributed by atoms with Crippen LogP contribution in [0.1, 0.15) is 42.4 Å². The molecule has 0 saturated carbocycles. The van der Waals surface area contributed by atoms with Crippen molar-refractivity contribution < 1.29 is 9.90 Å². The summed E-state index contributed by atoms with van der Waals surface area (Å²) in [4.78, 5) is 13.3. The van der Waals surface area contributed by atoms with Crippen LogP contribution in [0.3, 0.4) is 0 Å². The van der Waals surface area contributed by atoms with Crippen molar-refractivity contribution >= 4 is 5.97 Å². The number of aliphatic carboxylic acids is 1. The van der Waals surface area contributed by atoms with Gasteiger partial charge in [0.05, 0.1) is 6.42 Å². The van der Waals surface area contributed by atoms with E-state index in [1.54, 1.807) is 0 Å². The second kappa shape index (κ2) is 6.20. The fraction of sp³-hybridized carbons (Fsp3) is 0.562. The number of rotatable bonds is 4. The van der Waals surface area contributed by atoms with Crippen molar-refractivity contribution in [3.05, 3.63) is 34.9 Å². The molecule has 1 N–H and O–H groups in total. The molecule has 1 heterocycles. The molecule has 1 aromatic rings. The average molecular weight is 261 g/mol. The molecule has 0 bridgehead atoms. The van der Waals surface area contributed by atoms with Gasteiger partial charge in [-0.05, 0) is 49.9 Å². The summed E-state index contributed by atoms with van der Waals surface area (Å²) in [6.45, 7) is 6.18. The smallest absolute Gasteiger partial charge is 0.304 e. The van der Waals surface area contributed by atoms with Crippen LogP contribution in [0.25, 0.3) is 0 Å². The largest absolute Gasteiger partial charge is 0.481 e. The van der Waals surface area contributed by atoms with Crippen LogP contribution in [-0.2, 0) is 11.3 Å². The molecule has 1 aromatic carbocycles. The van der Waals surface area contributed by atoms with Crippen molar-refractivity contribution in [1.82, 2.24) is 4.90 Å². The lowest BCUT2D eigenvalue weighted by Crippen LogP contribution is -2.40. The molecule has 19 heavy (non-hydrogen) atoms. The maximum Gasteiger partial charge on any atom is 0.304 e. The fourth-order valence-electron chi connectivity index (χ4n) is 3.00. The van der Waals surface area contributed by atoms with Crippen molar-refractivity contribution in [2.24, 2.45) is 0 Å². The minimum absolute atomic E-state index is 0.199. The van der Waals surface area contributed by atoms with Crippen LogP contribution in [0.15, 0.2) is 18.2 Å². The molecular formula is C16H23NO2. The van der Waals surface area contributed by atoms with E-state index in [2.05, 4.69) is 36.9 Å². The minimum atomic E-state index is -0.682. The first-order valence-corrected chi connectivity index (χ1v) is 7.09. The van der Waals surface area contributed by atoms with E-state index in [9.17, 15) is 4.79 Å². The fourth-order valence-corrected chi connectivity index (χ4v) is 3.00. The Morgan fingerprint density at radius 1 is 1.32 bits per heavy atom. The Kier molecular flexibility index (Phi) is 4.59. The van der Waals surface area contributed by atoms with Gasteiger partial charge >= 0.3 is 5.97 Å². The zero-order valence-electron chi connectivity index (χ0n) is 11.9. The molecule has 1 saturated heterocycles. The van der Waals surface area contributed by atoms with Gasteiger partial charge < -0.3 is 5.11 Å². The molecule has 1 aliphatic rings. The number of nitrogens with zero attached hydrogens (tertiary/aromatic N) is 1. The van der Waals surface area contributed by atoms with Crippen molar-refractivity contribution in [1.29, 1.82) is 0 Å². The van der Waals surface area contributed by atoms with E-state index in [0.717, 1.165) is 25.9 Å². The van der Waals surface area contributed by atoms with Gasteiger partial charge in [-0.25, -0.2) is 0 Å². The van der Waals surface area contributed by atoms with E-state index in [1.807, 2.05) is 0 Å². The van der Waals surface area contributed by atoms with Gasteiger partial charge in [0, 0.05) is 12.6 Å². The van der Waals surface area contributed by atoms with Crippen LogP contribution in [0, 0.1) is 13.8 Å². The van der Waals surface area contributed by atoms with Gasteiger partial charge in [-0.1, -0.05) is 24.6 Å². The van der Waals surface area contributed by atoms with Gasteiger partial charge in [-0.2, -0.15) is 0 Å². The summed E-state index contributed by atoms with van der Waals surface area (Å²) < 4.78 is 0. The van der Waals surface area contributed by atoms with Crippen LogP contribution in [0.5, 0.6) is 0 Å². The lowest BCUT2D eigenvalue weighted by molar-refractivity contribution is -0.138. The standard InChI is InChI=1S/C16H23NO2/c1-12-6-5-7-13(2)15(12)11-17-9-4-3-8-14(17)10-16(18)19/h5-7,14H,3-4,8-11H2,1-2H3,(H,18,19). The second-order valence-corrected chi connectivity index (χ2v) is 5.59. The number of carboxylic acids is 1. The predicted molar refractivity (Wildman–Crippen MR) is 76.2 cm³/mol. The number of piperidine rings is 1. The Morgan fingerprint density at radius 2 is 2.00 bits per heavy atom. The van der Waals surface area contributed by atoms with Crippen LogP contribution in [0.4, 0.5) is 0 Å². The lowest BCUT2D eigenvalue weighted by atomic mass is 9.96. The average Bonchev–Trinajstić information content (AvgIpc) is 2.35. The summed E-state index contributed by atoms with van der Waals surface area (Å²) in [5, 5.41) is 9.03. The first-order valence-electron chi connectivity index (χ1n) is 7.09. The van der Waals surface area contributed by atoms with E-state index in [0.29, 0.717) is 0 Å². The van der Waals surface area contributed by atoms with Crippen molar-refractivity contribution in [2.45, 2.75) is 52.1 Å². The first kappa shape index (κ1) is 14.1. The third kappa shape index (κ3) is 3.57. The SMILES string of the molecule is Cc1cccc(C)c1CN1CCCCC1CC(=O)O. The zero-order chi connectivity index (χ0) is 13.8. The number of aryl methyl sites for hydroxylation is 2. The van der Waals surface area contributed by atoms with E-state index >= 15 is 0 Å². The highest BCUT2D eigenvalue weighted by Gasteiger charge is 2.25. The Labute approximate surface area is 115 Å². The molecule has 1 atom stereocenters. The Balaban J connectivity index is 2.13. The Morgan fingerprint density at radius 3 is 2.63 bits per heavy atom. The highest BCUT2D eigenvalue weighted by atomic mass is 16.4. The summed E-state index contributed by atoms with van der Waals surface area (Å²) in [7, 11) is 0. The summed E-state index contributed by atoms with van der Waals surface area (Å²) in [6.07, 6.45) is 3.62. The molecule has 2 rings (SSSR count). The molecule has 0 amide bonds. The molecule has 1 fully saturated rings. The highest BCUT2D eigenvalue weighted by molar-refractivity contribution is 5.67. The van der Waals surface area contributed by atoms with Gasteiger partial charge in [-0.15, -0.1) is 0 Å². The van der Waals surface area contributed by atoms with E-state index < -0.39 is 5.97 Å². The van der Waals surface area contributed by atoms with Crippen molar-refractivity contribution in [3.63, 3.8) is 0 Å². The first-order chi connectivity index (χ1) is 9.08. The summed E-state index contributed by atoms with van der Waals surface area (Å²) >= 11 is 0. The molecule has 3 heteroatoms. The molecule has 1 aliphatic heterocycles. The summed E-state index contributed by atoms with van der Waals surface area (Å²) in [5.74, 6) is -0.682. The van der Waals surface area contributed by atoms with E-state index in [1.165, 1.54) is 23.1 Å². The molecule has 104 valence electrons. The maximum absolute atomic E-state index is 11.0. The summed E-state index contributed by atoms with van der Waals surface area (Å²) in [6, 6.07) is 6.56. The van der Waals surface area contributed by atoms with E-state index in [-0.39, 0.29) is 12.5 Å². The maximum atomic E-state index is 11.0. The normalized spacial score (nSPS) is 20.4. The highest BCUT2D eigenvalue weighted by Crippen LogP contribution is 2.24. The topological polar surface area (TPSA) is 40.5 Å². The minimum Gasteiger partial charge on any atom is -0.481 e. The monoisotopic (exact) mass is 261 g/mol. The van der Waals surface area contributed by atoms with Gasteiger partial charge in [0.2, 0.25) is 0 Å². The summed E-state index contributed by atoms with van der Waals surface area (Å²) in [5.41, 5.74) is 3.97. The predicted octanol–water partition coefficient (Wildman–Crippen LogP) is 3.13. The number of hydrogen-bond acceptors (Lipinski definition) is 2. The van der Waals surface area contributed by atoms with Crippen LogP contribution < -0.4 is 0 Å². The second-order valence-electron chi connectivity index (χ2n) is 5.59. The number of benzene rings is 1. The molecule has 0 aliphatic carbocycles. The zero-order valence-corrected chi connectivity index (χ0v) is 11.9. The van der Waals surface area contributed by atoms with Gasteiger partial charge in [-0.3, -0.25) is 9.69 Å². The Hall–Kier alpha value is -1.35. The number of likely N-dealkylation sites (tertiary alicyclic amines) is 1. The lowest BCUT2D eigenvalue weighted by Gasteiger charge is -2.35. The van der Waals surface area contributed by atoms with Gasteiger partial charge in [0.1, 0.15) is 0 Å². The van der Waals surface area contributed by atoms with Gasteiger partial charge in [0.15, 0.2) is 0 Å². The number of hydrogen-bond donors (Lipinski definition) is 1. The third-order valence-electron chi connectivity index (χ3n) is 4.16. The quantitative estimate of drug-likeness (QED) is 0.905. The Bertz CT molecular complexity index is 436. The van der Waals surface area contributed by atoms with Crippen LogP contribution >= 0.6 is 0 Å². The number of carbonyl (C=O) groups is 1. The molecule has 0 radical (unpaired) electrons. The van der Waals surface area contributed by atoms with Crippen molar-refractivity contribution in [2.75, 3.05) is 6.54 Å². The van der Waals surface area contributed by atoms with Gasteiger partial charge in [0.25, 0.3) is 0 Å². The van der Waals surface area contributed by atoms with Crippen LogP contribution in [0.2, 0.25) is 0 Å². The van der Waals surface area contributed by atoms with Crippen LogP contribution in [-0.4, -0.2) is 28.6 Å². The van der Waals surface area contributed by atoms with E-state index in [4.69, 9.17) is 5.11 Å². The molecule has 0 spiro atoms. The number of carboxylic acid groups (broad SMARTS) is 1.